The van der Waals surface area contributed by atoms with Crippen LogP contribution in [0.1, 0.15) is 12.8 Å². The Kier molecular flexibility index (Phi) is 3.96. The van der Waals surface area contributed by atoms with E-state index in [1.165, 1.54) is 25.0 Å². The van der Waals surface area contributed by atoms with Crippen LogP contribution in [0.4, 0.5) is 10.1 Å². The second-order valence-electron chi connectivity index (χ2n) is 5.01. The Hall–Kier alpha value is -1.82. The van der Waals surface area contributed by atoms with Crippen LogP contribution >= 0.6 is 15.9 Å². The molecule has 0 saturated heterocycles. The molecule has 4 nitrogen and oxygen atoms in total. The maximum atomic E-state index is 13.3. The predicted molar refractivity (Wildman–Crippen MR) is 81.0 cm³/mol. The van der Waals surface area contributed by atoms with Crippen molar-refractivity contribution in [2.45, 2.75) is 12.8 Å². The summed E-state index contributed by atoms with van der Waals surface area (Å²) in [6.45, 7) is 0.617. The molecule has 1 aromatic carbocycles. The van der Waals surface area contributed by atoms with Gasteiger partial charge in [0.15, 0.2) is 0 Å². The van der Waals surface area contributed by atoms with Crippen molar-refractivity contribution in [3.8, 4) is 17.5 Å². The highest BCUT2D eigenvalue weighted by molar-refractivity contribution is 9.10. The number of nitrogens with zero attached hydrogens (tertiary/aromatic N) is 1. The lowest BCUT2D eigenvalue weighted by atomic mass is 10.3. The molecule has 1 aliphatic carbocycles. The Morgan fingerprint density at radius 1 is 1.29 bits per heavy atom. The summed E-state index contributed by atoms with van der Waals surface area (Å²) in [5.74, 6) is 1.24. The van der Waals surface area contributed by atoms with Gasteiger partial charge in [0.05, 0.1) is 12.3 Å². The number of hydrogen-bond donors (Lipinski definition) is 1. The molecule has 0 unspecified atom stereocenters. The molecule has 6 heteroatoms. The van der Waals surface area contributed by atoms with E-state index < -0.39 is 0 Å². The first-order valence-electron chi connectivity index (χ1n) is 6.63. The molecule has 0 radical (unpaired) electrons. The number of nitrogen functional groups attached to an aromatic ring is 1. The summed E-state index contributed by atoms with van der Waals surface area (Å²) in [6.07, 6.45) is 2.38. The fourth-order valence-electron chi connectivity index (χ4n) is 1.80. The van der Waals surface area contributed by atoms with E-state index in [1.807, 2.05) is 0 Å². The molecule has 0 atom stereocenters. The van der Waals surface area contributed by atoms with Crippen LogP contribution in [-0.2, 0) is 0 Å². The van der Waals surface area contributed by atoms with Gasteiger partial charge in [0.2, 0.25) is 11.8 Å². The standard InChI is InChI=1S/C15H14BrFN2O2/c16-10-5-11(17)7-12(6-10)21-14-4-3-13(18)15(19-14)20-8-9-1-2-9/h3-7,9H,1-2,8,18H2. The minimum atomic E-state index is -0.389. The van der Waals surface area contributed by atoms with Gasteiger partial charge < -0.3 is 15.2 Å². The van der Waals surface area contributed by atoms with Gasteiger partial charge in [-0.25, -0.2) is 4.39 Å². The largest absolute Gasteiger partial charge is 0.476 e. The summed E-state index contributed by atoms with van der Waals surface area (Å²) < 4.78 is 25.0. The molecule has 1 heterocycles. The second-order valence-corrected chi connectivity index (χ2v) is 5.92. The van der Waals surface area contributed by atoms with Crippen LogP contribution in [0, 0.1) is 11.7 Å². The zero-order chi connectivity index (χ0) is 14.8. The molecule has 21 heavy (non-hydrogen) atoms. The zero-order valence-electron chi connectivity index (χ0n) is 11.2. The molecule has 0 bridgehead atoms. The molecule has 2 N–H and O–H groups in total. The van der Waals surface area contributed by atoms with E-state index >= 15 is 0 Å². The number of rotatable bonds is 5. The molecule has 0 amide bonds. The summed E-state index contributed by atoms with van der Waals surface area (Å²) >= 11 is 3.22. The van der Waals surface area contributed by atoms with Crippen LogP contribution in [0.25, 0.3) is 0 Å². The second kappa shape index (κ2) is 5.89. The van der Waals surface area contributed by atoms with Gasteiger partial charge in [0.1, 0.15) is 11.6 Å². The molecule has 2 aromatic rings. The average Bonchev–Trinajstić information content (AvgIpc) is 3.22. The van der Waals surface area contributed by atoms with E-state index in [0.717, 1.165) is 0 Å². The van der Waals surface area contributed by atoms with Crippen molar-refractivity contribution in [3.63, 3.8) is 0 Å². The number of halogens is 2. The summed E-state index contributed by atoms with van der Waals surface area (Å²) in [6, 6.07) is 7.59. The van der Waals surface area contributed by atoms with Gasteiger partial charge >= 0.3 is 0 Å². The molecule has 1 aliphatic rings. The minimum absolute atomic E-state index is 0.312. The smallest absolute Gasteiger partial charge is 0.240 e. The molecular formula is C15H14BrFN2O2. The third-order valence-electron chi connectivity index (χ3n) is 3.08. The van der Waals surface area contributed by atoms with Crippen molar-refractivity contribution in [2.24, 2.45) is 5.92 Å². The molecule has 1 saturated carbocycles. The highest BCUT2D eigenvalue weighted by Crippen LogP contribution is 2.32. The number of pyridine rings is 1. The van der Waals surface area contributed by atoms with Crippen molar-refractivity contribution in [3.05, 3.63) is 40.6 Å². The fraction of sp³-hybridized carbons (Fsp3) is 0.267. The number of ether oxygens (including phenoxy) is 2. The van der Waals surface area contributed by atoms with Crippen LogP contribution in [0.15, 0.2) is 34.8 Å². The SMILES string of the molecule is Nc1ccc(Oc2cc(F)cc(Br)c2)nc1OCC1CC1. The predicted octanol–water partition coefficient (Wildman–Crippen LogP) is 4.15. The topological polar surface area (TPSA) is 57.4 Å². The van der Waals surface area contributed by atoms with Gasteiger partial charge in [-0.3, -0.25) is 0 Å². The van der Waals surface area contributed by atoms with Crippen molar-refractivity contribution >= 4 is 21.6 Å². The highest BCUT2D eigenvalue weighted by atomic mass is 79.9. The van der Waals surface area contributed by atoms with Crippen LogP contribution in [0.2, 0.25) is 0 Å². The first-order chi connectivity index (χ1) is 10.1. The first kappa shape index (κ1) is 14.1. The zero-order valence-corrected chi connectivity index (χ0v) is 12.8. The van der Waals surface area contributed by atoms with E-state index in [0.29, 0.717) is 40.2 Å². The molecule has 0 aliphatic heterocycles. The van der Waals surface area contributed by atoms with Gasteiger partial charge in [0.25, 0.3) is 0 Å². The third kappa shape index (κ3) is 3.85. The number of hydrogen-bond acceptors (Lipinski definition) is 4. The maximum Gasteiger partial charge on any atom is 0.240 e. The molecule has 1 aromatic heterocycles. The van der Waals surface area contributed by atoms with Gasteiger partial charge in [-0.05, 0) is 37.0 Å². The lowest BCUT2D eigenvalue weighted by Gasteiger charge is -2.10. The molecule has 1 fully saturated rings. The summed E-state index contributed by atoms with van der Waals surface area (Å²) in [4.78, 5) is 4.22. The monoisotopic (exact) mass is 352 g/mol. The average molecular weight is 353 g/mol. The lowest BCUT2D eigenvalue weighted by Crippen LogP contribution is -2.04. The first-order valence-corrected chi connectivity index (χ1v) is 7.43. The van der Waals surface area contributed by atoms with E-state index in [9.17, 15) is 4.39 Å². The Morgan fingerprint density at radius 2 is 2.10 bits per heavy atom. The van der Waals surface area contributed by atoms with E-state index in [-0.39, 0.29) is 5.82 Å². The highest BCUT2D eigenvalue weighted by Gasteiger charge is 2.22. The Morgan fingerprint density at radius 3 is 2.81 bits per heavy atom. The Balaban J connectivity index is 1.76. The van der Waals surface area contributed by atoms with Gasteiger partial charge in [0, 0.05) is 16.6 Å². The molecule has 3 rings (SSSR count). The van der Waals surface area contributed by atoms with Crippen molar-refractivity contribution < 1.29 is 13.9 Å². The number of aromatic nitrogens is 1. The van der Waals surface area contributed by atoms with Crippen LogP contribution in [0.3, 0.4) is 0 Å². The van der Waals surface area contributed by atoms with Crippen LogP contribution in [-0.4, -0.2) is 11.6 Å². The molecule has 110 valence electrons. The quantitative estimate of drug-likeness (QED) is 0.878. The van der Waals surface area contributed by atoms with E-state index in [2.05, 4.69) is 20.9 Å². The van der Waals surface area contributed by atoms with Crippen molar-refractivity contribution in [2.75, 3.05) is 12.3 Å². The van der Waals surface area contributed by atoms with Crippen LogP contribution < -0.4 is 15.2 Å². The van der Waals surface area contributed by atoms with E-state index in [4.69, 9.17) is 15.2 Å². The van der Waals surface area contributed by atoms with Gasteiger partial charge in [-0.1, -0.05) is 15.9 Å². The van der Waals surface area contributed by atoms with Gasteiger partial charge in [-0.15, -0.1) is 0 Å². The van der Waals surface area contributed by atoms with E-state index in [1.54, 1.807) is 18.2 Å². The maximum absolute atomic E-state index is 13.3. The van der Waals surface area contributed by atoms with Gasteiger partial charge in [-0.2, -0.15) is 4.98 Å². The summed E-state index contributed by atoms with van der Waals surface area (Å²) in [7, 11) is 0. The lowest BCUT2D eigenvalue weighted by molar-refractivity contribution is 0.286. The Bertz CT molecular complexity index is 642. The summed E-state index contributed by atoms with van der Waals surface area (Å²) in [5.41, 5.74) is 6.29. The normalized spacial score (nSPS) is 14.0. The number of anilines is 1. The number of nitrogens with two attached hydrogens (primary N) is 1. The third-order valence-corrected chi connectivity index (χ3v) is 3.53. The summed E-state index contributed by atoms with van der Waals surface area (Å²) in [5, 5.41) is 0. The minimum Gasteiger partial charge on any atom is -0.476 e. The van der Waals surface area contributed by atoms with Crippen molar-refractivity contribution in [1.82, 2.24) is 4.98 Å². The van der Waals surface area contributed by atoms with Crippen LogP contribution in [0.5, 0.6) is 17.5 Å². The fourth-order valence-corrected chi connectivity index (χ4v) is 2.24. The van der Waals surface area contributed by atoms with Crippen molar-refractivity contribution in [1.29, 1.82) is 0 Å². The molecular weight excluding hydrogens is 339 g/mol. The Labute approximate surface area is 130 Å². The molecule has 0 spiro atoms. The number of benzene rings is 1.